The Morgan fingerprint density at radius 1 is 1.16 bits per heavy atom. The molecule has 126 valence electrons. The summed E-state index contributed by atoms with van der Waals surface area (Å²) in [4.78, 5) is 31.5. The summed E-state index contributed by atoms with van der Waals surface area (Å²) in [5.41, 5.74) is 7.94. The zero-order valence-electron chi connectivity index (χ0n) is 13.4. The minimum Gasteiger partial charge on any atom is -0.396 e. The van der Waals surface area contributed by atoms with E-state index in [9.17, 15) is 4.79 Å². The van der Waals surface area contributed by atoms with Crippen LogP contribution in [-0.4, -0.2) is 58.5 Å². The van der Waals surface area contributed by atoms with Crippen molar-refractivity contribution in [1.29, 1.82) is 0 Å². The third-order valence-electron chi connectivity index (χ3n) is 4.28. The molecular weight excluding hydrogens is 318 g/mol. The van der Waals surface area contributed by atoms with Gasteiger partial charge in [0.05, 0.1) is 23.5 Å². The van der Waals surface area contributed by atoms with E-state index in [-0.39, 0.29) is 18.1 Å². The molecule has 0 bridgehead atoms. The third kappa shape index (κ3) is 3.06. The zero-order valence-corrected chi connectivity index (χ0v) is 13.4. The van der Waals surface area contributed by atoms with Gasteiger partial charge in [0.25, 0.3) is 0 Å². The number of urea groups is 1. The van der Waals surface area contributed by atoms with Crippen molar-refractivity contribution in [2.75, 3.05) is 24.1 Å². The number of carbonyl (C=O) groups excluding carboxylic acids is 1. The van der Waals surface area contributed by atoms with E-state index in [0.29, 0.717) is 30.3 Å². The standard InChI is InChI=1S/C17H17N7O/c18-12-3-4-13(11-2-1-5-19-8-11)22-16(12)23-17(25)24-9-14-15(10-24)21-7-6-20-14/h1-8,14-15H,9-10,18H2,(H,22,23,25). The van der Waals surface area contributed by atoms with Crippen LogP contribution in [0.2, 0.25) is 0 Å². The van der Waals surface area contributed by atoms with Gasteiger partial charge in [-0.2, -0.15) is 0 Å². The van der Waals surface area contributed by atoms with Gasteiger partial charge in [0.1, 0.15) is 0 Å². The lowest BCUT2D eigenvalue weighted by Crippen LogP contribution is -2.34. The van der Waals surface area contributed by atoms with Gasteiger partial charge in [-0.05, 0) is 24.3 Å². The first-order valence-electron chi connectivity index (χ1n) is 7.98. The molecule has 8 heteroatoms. The molecule has 2 aromatic rings. The van der Waals surface area contributed by atoms with E-state index in [1.807, 2.05) is 12.1 Å². The molecule has 2 aliphatic rings. The van der Waals surface area contributed by atoms with E-state index >= 15 is 0 Å². The first-order chi connectivity index (χ1) is 12.2. The smallest absolute Gasteiger partial charge is 0.323 e. The Labute approximate surface area is 144 Å². The molecule has 4 rings (SSSR count). The fourth-order valence-corrected chi connectivity index (χ4v) is 2.95. The Kier molecular flexibility index (Phi) is 3.85. The molecule has 3 N–H and O–H groups in total. The van der Waals surface area contributed by atoms with Crippen molar-refractivity contribution in [2.45, 2.75) is 12.1 Å². The number of nitrogen functional groups attached to an aromatic ring is 1. The van der Waals surface area contributed by atoms with E-state index in [0.717, 1.165) is 5.56 Å². The predicted octanol–water partition coefficient (Wildman–Crippen LogP) is 1.47. The second-order valence-corrected chi connectivity index (χ2v) is 5.94. The number of amides is 2. The third-order valence-corrected chi connectivity index (χ3v) is 4.28. The maximum atomic E-state index is 12.6. The summed E-state index contributed by atoms with van der Waals surface area (Å²) < 4.78 is 0. The highest BCUT2D eigenvalue weighted by molar-refractivity contribution is 6.16. The van der Waals surface area contributed by atoms with Gasteiger partial charge in [-0.1, -0.05) is 0 Å². The van der Waals surface area contributed by atoms with E-state index in [4.69, 9.17) is 5.73 Å². The van der Waals surface area contributed by atoms with Crippen LogP contribution in [-0.2, 0) is 0 Å². The summed E-state index contributed by atoms with van der Waals surface area (Å²) in [5.74, 6) is 0.341. The molecular formula is C17H17N7O. The Morgan fingerprint density at radius 3 is 2.60 bits per heavy atom. The quantitative estimate of drug-likeness (QED) is 0.866. The highest BCUT2D eigenvalue weighted by Gasteiger charge is 2.35. The number of nitrogens with one attached hydrogen (secondary N) is 1. The first kappa shape index (κ1) is 15.3. The first-order valence-corrected chi connectivity index (χ1v) is 7.98. The molecule has 8 nitrogen and oxygen atoms in total. The summed E-state index contributed by atoms with van der Waals surface area (Å²) in [5, 5.41) is 2.80. The lowest BCUT2D eigenvalue weighted by atomic mass is 10.2. The van der Waals surface area contributed by atoms with E-state index < -0.39 is 0 Å². The van der Waals surface area contributed by atoms with E-state index in [1.54, 1.807) is 41.9 Å². The normalized spacial score (nSPS) is 21.2. The van der Waals surface area contributed by atoms with Crippen molar-refractivity contribution in [1.82, 2.24) is 14.9 Å². The van der Waals surface area contributed by atoms with Crippen molar-refractivity contribution in [3.05, 3.63) is 36.7 Å². The van der Waals surface area contributed by atoms with Crippen LogP contribution < -0.4 is 11.1 Å². The number of aliphatic imine (C=N–C) groups is 2. The molecule has 2 amide bonds. The highest BCUT2D eigenvalue weighted by atomic mass is 16.2. The SMILES string of the molecule is Nc1ccc(-c2cccnc2)nc1NC(=O)N1CC2N=CC=NC2C1. The van der Waals surface area contributed by atoms with E-state index in [1.165, 1.54) is 0 Å². The van der Waals surface area contributed by atoms with Gasteiger partial charge in [-0.25, -0.2) is 9.78 Å². The average Bonchev–Trinajstić information content (AvgIpc) is 3.08. The number of carbonyl (C=O) groups is 1. The number of nitrogens with two attached hydrogens (primary N) is 1. The minimum absolute atomic E-state index is 0.0304. The van der Waals surface area contributed by atoms with Crippen molar-refractivity contribution in [2.24, 2.45) is 9.98 Å². The lowest BCUT2D eigenvalue weighted by molar-refractivity contribution is 0.221. The molecule has 0 spiro atoms. The van der Waals surface area contributed by atoms with Gasteiger partial charge in [0.15, 0.2) is 5.82 Å². The Balaban J connectivity index is 1.51. The Morgan fingerprint density at radius 2 is 1.92 bits per heavy atom. The number of rotatable bonds is 2. The summed E-state index contributed by atoms with van der Waals surface area (Å²) in [6.07, 6.45) is 6.77. The van der Waals surface area contributed by atoms with Crippen molar-refractivity contribution in [3.8, 4) is 11.3 Å². The molecule has 2 atom stereocenters. The van der Waals surface area contributed by atoms with Crippen LogP contribution in [0.15, 0.2) is 46.6 Å². The van der Waals surface area contributed by atoms with Crippen LogP contribution in [0.5, 0.6) is 0 Å². The summed E-state index contributed by atoms with van der Waals surface area (Å²) >= 11 is 0. The zero-order chi connectivity index (χ0) is 17.2. The van der Waals surface area contributed by atoms with Gasteiger partial charge in [0, 0.05) is 43.5 Å². The number of pyridine rings is 2. The number of aromatic nitrogens is 2. The Bertz CT molecular complexity index is 829. The van der Waals surface area contributed by atoms with Crippen LogP contribution in [0, 0.1) is 0 Å². The molecule has 0 aromatic carbocycles. The molecule has 2 unspecified atom stereocenters. The fourth-order valence-electron chi connectivity index (χ4n) is 2.95. The second-order valence-electron chi connectivity index (χ2n) is 5.94. The van der Waals surface area contributed by atoms with E-state index in [2.05, 4.69) is 25.3 Å². The molecule has 1 saturated heterocycles. The van der Waals surface area contributed by atoms with Crippen LogP contribution >= 0.6 is 0 Å². The van der Waals surface area contributed by atoms with Crippen LogP contribution in [0.1, 0.15) is 0 Å². The number of likely N-dealkylation sites (tertiary alicyclic amines) is 1. The summed E-state index contributed by atoms with van der Waals surface area (Å²) in [6, 6.07) is 7.07. The molecule has 1 fully saturated rings. The molecule has 25 heavy (non-hydrogen) atoms. The number of fused-ring (bicyclic) bond motifs is 1. The van der Waals surface area contributed by atoms with Crippen LogP contribution in [0.3, 0.4) is 0 Å². The monoisotopic (exact) mass is 335 g/mol. The van der Waals surface area contributed by atoms with Gasteiger partial charge < -0.3 is 10.6 Å². The number of hydrogen-bond acceptors (Lipinski definition) is 6. The lowest BCUT2D eigenvalue weighted by Gasteiger charge is -2.17. The maximum absolute atomic E-state index is 12.6. The van der Waals surface area contributed by atoms with Crippen molar-refractivity contribution < 1.29 is 4.79 Å². The van der Waals surface area contributed by atoms with Crippen LogP contribution in [0.25, 0.3) is 11.3 Å². The molecule has 2 aromatic heterocycles. The van der Waals surface area contributed by atoms with Crippen molar-refractivity contribution >= 4 is 30.0 Å². The molecule has 0 radical (unpaired) electrons. The average molecular weight is 335 g/mol. The second kappa shape index (κ2) is 6.31. The maximum Gasteiger partial charge on any atom is 0.323 e. The number of anilines is 2. The van der Waals surface area contributed by atoms with Crippen molar-refractivity contribution in [3.63, 3.8) is 0 Å². The Hall–Kier alpha value is -3.29. The number of hydrogen-bond donors (Lipinski definition) is 2. The molecule has 0 aliphatic carbocycles. The van der Waals surface area contributed by atoms with Gasteiger partial charge in [-0.3, -0.25) is 20.3 Å². The fraction of sp³-hybridized carbons (Fsp3) is 0.235. The van der Waals surface area contributed by atoms with Gasteiger partial charge in [0.2, 0.25) is 0 Å². The number of nitrogens with zero attached hydrogens (tertiary/aromatic N) is 5. The van der Waals surface area contributed by atoms with Gasteiger partial charge >= 0.3 is 6.03 Å². The molecule has 2 aliphatic heterocycles. The topological polar surface area (TPSA) is 109 Å². The largest absolute Gasteiger partial charge is 0.396 e. The predicted molar refractivity (Wildman–Crippen MR) is 97.0 cm³/mol. The summed E-state index contributed by atoms with van der Waals surface area (Å²) in [6.45, 7) is 1.07. The molecule has 4 heterocycles. The van der Waals surface area contributed by atoms with Gasteiger partial charge in [-0.15, -0.1) is 0 Å². The molecule has 0 saturated carbocycles. The highest BCUT2D eigenvalue weighted by Crippen LogP contribution is 2.24. The summed E-state index contributed by atoms with van der Waals surface area (Å²) in [7, 11) is 0. The minimum atomic E-state index is -0.248. The van der Waals surface area contributed by atoms with Crippen LogP contribution in [0.4, 0.5) is 16.3 Å².